The number of aliphatic carboxylic acids is 1. The van der Waals surface area contributed by atoms with Gasteiger partial charge in [-0.3, -0.25) is 23.0 Å². The summed E-state index contributed by atoms with van der Waals surface area (Å²) < 4.78 is 80.1. The van der Waals surface area contributed by atoms with Crippen molar-refractivity contribution >= 4 is 57.7 Å². The van der Waals surface area contributed by atoms with Crippen molar-refractivity contribution < 1.29 is 250 Å². The number of carbonyl (C=O) groups is 3. The van der Waals surface area contributed by atoms with Crippen LogP contribution in [0.4, 0.5) is 0 Å². The standard InChI is InChI=1S/2C10H13NO2S.C6H5ClO2S.2C5H10O2.C4H9N.C3H6O2.9C2H6.3C2H5.6Y/c2*1-3-11(4-2)14(12,13)10-8-6-5-7-9-10;7-10(8,9)6-4-2-1-3-5-6;2*1-3-5(6)7-4-2;1-3-5-4-2;1-2-3(4)5;12*1-2;;;;;;/h2*5-9H,1-4H2;1-5H;2*3-4H2,1-2H3;5H,1-4H2;2H2,1H3,(H,4,5);9*1-2H3;3*1H2,2H3;;;;;;/q2*-2;;;;-2;;;;;;;;;;;3*-1;;;;3*+3. The summed E-state index contributed by atoms with van der Waals surface area (Å²) in [6, 6.07) is 24.4. The number of carboxylic acids is 1. The van der Waals surface area contributed by atoms with Crippen LogP contribution in [0, 0.1) is 62.3 Å². The van der Waals surface area contributed by atoms with Gasteiger partial charge in [-0.05, 0) is 50.2 Å². The average molecular weight is 1840 g/mol. The van der Waals surface area contributed by atoms with Crippen LogP contribution in [0.2, 0.25) is 0 Å². The molecule has 0 saturated heterocycles. The van der Waals surface area contributed by atoms with Crippen molar-refractivity contribution in [1.82, 2.24) is 13.9 Å². The molecule has 3 aromatic carbocycles. The number of carbonyl (C=O) groups excluding carboxylic acids is 2. The van der Waals surface area contributed by atoms with Gasteiger partial charge in [0.2, 0.25) is 20.0 Å². The molecular weight excluding hydrogens is 1700 g/mol. The summed E-state index contributed by atoms with van der Waals surface area (Å²) in [4.78, 5) is 30.5. The molecule has 15 nitrogen and oxygen atoms in total. The minimum atomic E-state index is -3.53. The van der Waals surface area contributed by atoms with Gasteiger partial charge >= 0.3 is 116 Å². The minimum absolute atomic E-state index is 0. The van der Waals surface area contributed by atoms with E-state index in [9.17, 15) is 39.6 Å². The molecule has 0 unspecified atom stereocenters. The average Bonchev–Trinajstić information content (AvgIpc) is 3.58. The van der Waals surface area contributed by atoms with Crippen LogP contribution in [0.25, 0.3) is 0 Å². The largest absolute Gasteiger partial charge is 3.00 e. The second-order valence-corrected chi connectivity index (χ2v) is 17.4. The third-order valence-corrected chi connectivity index (χ3v) is 11.8. The van der Waals surface area contributed by atoms with Crippen molar-refractivity contribution in [2.24, 2.45) is 0 Å². The van der Waals surface area contributed by atoms with E-state index in [1.54, 1.807) is 134 Å². The summed E-state index contributed by atoms with van der Waals surface area (Å²) in [6.45, 7) is 84.3. The SMILES string of the molecule is CC.CC.CC.CC.CC.CC.CC.CC.CC.CCC(=O)O.CCOC(=O)CC.CCOC(=O)CC.O=S(=O)(Cl)c1ccccc1.[CH2-]C.[CH2-]C.[CH2-]C.[CH2-]CN(C[CH2-])S(=O)(=O)c1ccccc1.[CH2-]CN(C[CH2-])S(=O)(=O)c1ccccc1.[CH2-]CNC[CH2-].[Y+3].[Y+3].[Y+3].[Y].[Y].[Y]. The van der Waals surface area contributed by atoms with Gasteiger partial charge in [-0.25, -0.2) is 25.3 Å². The number of halogens is 1. The molecule has 0 fully saturated rings. The zero-order valence-corrected chi connectivity index (χ0v) is 83.4. The van der Waals surface area contributed by atoms with Crippen LogP contribution >= 0.6 is 10.7 Å². The minimum Gasteiger partial charge on any atom is -0.481 e. The maximum atomic E-state index is 11.8. The Labute approximate surface area is 730 Å². The van der Waals surface area contributed by atoms with E-state index in [2.05, 4.69) is 77.1 Å². The number of sulfonamides is 2. The number of hydrogen-bond donors (Lipinski definition) is 2. The Morgan fingerprint density at radius 1 is 0.402 bits per heavy atom. The monoisotopic (exact) mass is 1840 g/mol. The topological polar surface area (TPSA) is 211 Å². The molecule has 0 saturated carbocycles. The molecule has 2 N–H and O–H groups in total. The predicted molar refractivity (Wildman–Crippen MR) is 382 cm³/mol. The van der Waals surface area contributed by atoms with E-state index in [0.29, 0.717) is 26.1 Å². The molecule has 3 radical (unpaired) electrons. The first kappa shape index (κ1) is 157. The molecule has 92 heavy (non-hydrogen) atoms. The second kappa shape index (κ2) is 148. The molecule has 0 aromatic heterocycles. The van der Waals surface area contributed by atoms with Crippen molar-refractivity contribution in [3.8, 4) is 0 Å². The van der Waals surface area contributed by atoms with Crippen LogP contribution < -0.4 is 5.32 Å². The molecule has 0 aliphatic carbocycles. The van der Waals surface area contributed by atoms with Gasteiger partial charge in [0.15, 0.2) is 0 Å². The maximum absolute atomic E-state index is 11.8. The number of benzene rings is 3. The molecule has 3 aromatic rings. The fraction of sp³-hybridized carbons (Fsp3) is 0.552. The van der Waals surface area contributed by atoms with Gasteiger partial charge in [0.05, 0.1) is 27.9 Å². The van der Waals surface area contributed by atoms with E-state index in [1.165, 1.54) is 20.7 Å². The van der Waals surface area contributed by atoms with E-state index >= 15 is 0 Å². The van der Waals surface area contributed by atoms with E-state index in [0.717, 1.165) is 13.1 Å². The molecule has 3 rings (SSSR count). The zero-order chi connectivity index (χ0) is 72.6. The smallest absolute Gasteiger partial charge is 0.481 e. The number of ether oxygens (including phenoxy) is 2. The van der Waals surface area contributed by atoms with Gasteiger partial charge in [-0.1, -0.05) is 200 Å². The molecule has 0 amide bonds. The van der Waals surface area contributed by atoms with Crippen molar-refractivity contribution in [3.05, 3.63) is 153 Å². The van der Waals surface area contributed by atoms with Gasteiger partial charge in [-0.15, -0.1) is 39.3 Å². The van der Waals surface area contributed by atoms with Crippen molar-refractivity contribution in [3.63, 3.8) is 0 Å². The van der Waals surface area contributed by atoms with E-state index in [-0.39, 0.29) is 255 Å². The number of hydrogen-bond acceptors (Lipinski definition) is 12. The third-order valence-electron chi connectivity index (χ3n) is 6.63. The Balaban J connectivity index is -0.0000000297. The number of esters is 2. The second-order valence-electron chi connectivity index (χ2n) is 11.0. The predicted octanol–water partition coefficient (Wildman–Crippen LogP) is 18.7. The van der Waals surface area contributed by atoms with Gasteiger partial charge in [-0.2, -0.15) is 20.8 Å². The van der Waals surface area contributed by atoms with Crippen LogP contribution in [0.5, 0.6) is 0 Å². The number of rotatable bonds is 16. The number of nitrogens with one attached hydrogen (secondary N) is 1. The first-order valence-electron chi connectivity index (χ1n) is 30.4. The molecule has 0 aliphatic rings. The normalized spacial score (nSPS) is 7.76. The van der Waals surface area contributed by atoms with Gasteiger partial charge in [0.1, 0.15) is 0 Å². The summed E-state index contributed by atoms with van der Waals surface area (Å²) in [7, 11) is -5.29. The Hall–Kier alpha value is 2.71. The quantitative estimate of drug-likeness (QED) is 0.0777. The first-order valence-corrected chi connectivity index (χ1v) is 35.6. The van der Waals surface area contributed by atoms with Gasteiger partial charge in [0, 0.05) is 128 Å². The zero-order valence-electron chi connectivity index (χ0n) is 63.2. The number of nitrogens with zero attached hydrogens (tertiary/aromatic N) is 2. The van der Waals surface area contributed by atoms with Crippen LogP contribution in [0.15, 0.2) is 106 Å². The molecule has 0 heterocycles. The summed E-state index contributed by atoms with van der Waals surface area (Å²) in [5.74, 6) is -0.991. The van der Waals surface area contributed by atoms with E-state index < -0.39 is 35.1 Å². The summed E-state index contributed by atoms with van der Waals surface area (Å²) in [5.41, 5.74) is 0. The molecule has 0 spiro atoms. The third kappa shape index (κ3) is 126. The van der Waals surface area contributed by atoms with E-state index in [1.807, 2.05) is 125 Å². The molecule has 0 atom stereocenters. The molecule has 0 bridgehead atoms. The molecular formula is C67H135ClN3O12S3Y6. The van der Waals surface area contributed by atoms with E-state index in [4.69, 9.17) is 15.8 Å². The molecule has 25 heteroatoms. The van der Waals surface area contributed by atoms with Gasteiger partial charge < -0.3 is 82.2 Å². The fourth-order valence-electron chi connectivity index (χ4n) is 3.42. The van der Waals surface area contributed by atoms with Crippen molar-refractivity contribution in [2.75, 3.05) is 52.5 Å². The maximum Gasteiger partial charge on any atom is 3.00 e. The Kier molecular flexibility index (Phi) is 254. The Bertz CT molecular complexity index is 1830. The Morgan fingerprint density at radius 2 is 0.576 bits per heavy atom. The number of carboxylic acid groups (broad SMARTS) is 1. The molecule has 533 valence electrons. The van der Waals surface area contributed by atoms with Crippen LogP contribution in [-0.2, 0) is 249 Å². The summed E-state index contributed by atoms with van der Waals surface area (Å²) in [5, 5.41) is 10.6. The summed E-state index contributed by atoms with van der Waals surface area (Å²) >= 11 is 0. The van der Waals surface area contributed by atoms with Crippen molar-refractivity contribution in [1.29, 1.82) is 0 Å². The van der Waals surface area contributed by atoms with Gasteiger partial charge in [0.25, 0.3) is 9.05 Å². The van der Waals surface area contributed by atoms with Crippen LogP contribution in [0.1, 0.15) is 199 Å². The summed E-state index contributed by atoms with van der Waals surface area (Å²) in [6.07, 6.45) is 1.18. The molecule has 0 aliphatic heterocycles. The first-order chi connectivity index (χ1) is 41.2. The van der Waals surface area contributed by atoms with Crippen molar-refractivity contribution in [2.45, 2.75) is 214 Å². The Morgan fingerprint density at radius 3 is 0.663 bits per heavy atom. The van der Waals surface area contributed by atoms with Crippen LogP contribution in [0.3, 0.4) is 0 Å². The van der Waals surface area contributed by atoms with Crippen LogP contribution in [-0.4, -0.2) is 109 Å². The fourth-order valence-corrected chi connectivity index (χ4v) is 6.77.